The van der Waals surface area contributed by atoms with Crippen LogP contribution in [-0.2, 0) is 16.1 Å². The number of hydrogen-bond acceptors (Lipinski definition) is 5. The van der Waals surface area contributed by atoms with Gasteiger partial charge >= 0.3 is 5.97 Å². The highest BCUT2D eigenvalue weighted by Gasteiger charge is 2.41. The number of methoxy groups -OCH3 is 1. The highest BCUT2D eigenvalue weighted by Crippen LogP contribution is 2.32. The lowest BCUT2D eigenvalue weighted by molar-refractivity contribution is -0.146. The molecule has 19 heavy (non-hydrogen) atoms. The molecule has 1 fully saturated rings. The SMILES string of the molecule is COCc1nc(C)cc(N2CCC(C)(C(=O)O)C2)n1. The first-order valence-electron chi connectivity index (χ1n) is 6.26. The maximum absolute atomic E-state index is 11.3. The monoisotopic (exact) mass is 265 g/mol. The summed E-state index contributed by atoms with van der Waals surface area (Å²) in [5.41, 5.74) is 0.168. The van der Waals surface area contributed by atoms with Crippen molar-refractivity contribution in [3.63, 3.8) is 0 Å². The van der Waals surface area contributed by atoms with Crippen molar-refractivity contribution in [3.05, 3.63) is 17.6 Å². The lowest BCUT2D eigenvalue weighted by atomic mass is 9.90. The van der Waals surface area contributed by atoms with E-state index < -0.39 is 11.4 Å². The molecule has 1 saturated heterocycles. The Kier molecular flexibility index (Phi) is 3.71. The average molecular weight is 265 g/mol. The van der Waals surface area contributed by atoms with Crippen LogP contribution in [0.3, 0.4) is 0 Å². The van der Waals surface area contributed by atoms with Crippen molar-refractivity contribution in [1.82, 2.24) is 9.97 Å². The van der Waals surface area contributed by atoms with Crippen LogP contribution in [0.15, 0.2) is 6.07 Å². The summed E-state index contributed by atoms with van der Waals surface area (Å²) >= 11 is 0. The van der Waals surface area contributed by atoms with Gasteiger partial charge in [0.2, 0.25) is 0 Å². The van der Waals surface area contributed by atoms with Gasteiger partial charge in [0.25, 0.3) is 0 Å². The van der Waals surface area contributed by atoms with Crippen molar-refractivity contribution in [2.45, 2.75) is 26.9 Å². The summed E-state index contributed by atoms with van der Waals surface area (Å²) < 4.78 is 5.04. The number of aromatic nitrogens is 2. The van der Waals surface area contributed by atoms with E-state index in [0.29, 0.717) is 31.9 Å². The fourth-order valence-corrected chi connectivity index (χ4v) is 2.30. The molecule has 1 unspecified atom stereocenters. The Balaban J connectivity index is 2.21. The van der Waals surface area contributed by atoms with Crippen LogP contribution in [0.25, 0.3) is 0 Å². The van der Waals surface area contributed by atoms with Gasteiger partial charge in [-0.1, -0.05) is 0 Å². The lowest BCUT2D eigenvalue weighted by Crippen LogP contribution is -2.32. The molecule has 2 rings (SSSR count). The highest BCUT2D eigenvalue weighted by molar-refractivity contribution is 5.76. The molecule has 0 amide bonds. The molecule has 2 heterocycles. The molecule has 6 heteroatoms. The number of aliphatic carboxylic acids is 1. The Morgan fingerprint density at radius 3 is 2.89 bits per heavy atom. The predicted molar refractivity (Wildman–Crippen MR) is 70.1 cm³/mol. The molecule has 1 aliphatic heterocycles. The van der Waals surface area contributed by atoms with Gasteiger partial charge in [-0.05, 0) is 20.3 Å². The summed E-state index contributed by atoms with van der Waals surface area (Å²) in [6.07, 6.45) is 0.630. The van der Waals surface area contributed by atoms with E-state index in [1.807, 2.05) is 17.9 Å². The van der Waals surface area contributed by atoms with E-state index >= 15 is 0 Å². The van der Waals surface area contributed by atoms with Gasteiger partial charge in [-0.25, -0.2) is 9.97 Å². The van der Waals surface area contributed by atoms with E-state index in [-0.39, 0.29) is 0 Å². The van der Waals surface area contributed by atoms with Gasteiger partial charge < -0.3 is 14.7 Å². The normalized spacial score (nSPS) is 22.8. The molecular weight excluding hydrogens is 246 g/mol. The van der Waals surface area contributed by atoms with Crippen LogP contribution in [0.4, 0.5) is 5.82 Å². The van der Waals surface area contributed by atoms with E-state index in [2.05, 4.69) is 9.97 Å². The molecule has 6 nitrogen and oxygen atoms in total. The van der Waals surface area contributed by atoms with Crippen LogP contribution in [-0.4, -0.2) is 41.2 Å². The molecular formula is C13H19N3O3. The minimum Gasteiger partial charge on any atom is -0.481 e. The summed E-state index contributed by atoms with van der Waals surface area (Å²) in [4.78, 5) is 22.0. The number of rotatable bonds is 4. The predicted octanol–water partition coefficient (Wildman–Crippen LogP) is 1.23. The maximum Gasteiger partial charge on any atom is 0.311 e. The molecule has 0 saturated carbocycles. The van der Waals surface area contributed by atoms with E-state index in [0.717, 1.165) is 11.5 Å². The minimum absolute atomic E-state index is 0.360. The molecule has 0 bridgehead atoms. The van der Waals surface area contributed by atoms with Crippen molar-refractivity contribution >= 4 is 11.8 Å². The fraction of sp³-hybridized carbons (Fsp3) is 0.615. The van der Waals surface area contributed by atoms with Gasteiger partial charge in [0, 0.05) is 32.0 Å². The number of aryl methyl sites for hydroxylation is 1. The molecule has 1 N–H and O–H groups in total. The third-order valence-electron chi connectivity index (χ3n) is 3.47. The molecule has 0 aliphatic carbocycles. The fourth-order valence-electron chi connectivity index (χ4n) is 2.30. The molecule has 0 spiro atoms. The Bertz CT molecular complexity index is 492. The summed E-state index contributed by atoms with van der Waals surface area (Å²) in [5.74, 6) is 0.656. The molecule has 1 aromatic rings. The largest absolute Gasteiger partial charge is 0.481 e. The van der Waals surface area contributed by atoms with Gasteiger partial charge in [0.1, 0.15) is 12.4 Å². The second-order valence-corrected chi connectivity index (χ2v) is 5.25. The molecule has 1 aliphatic rings. The second kappa shape index (κ2) is 5.13. The van der Waals surface area contributed by atoms with Gasteiger partial charge in [-0.15, -0.1) is 0 Å². The maximum atomic E-state index is 11.3. The molecule has 0 aromatic carbocycles. The number of anilines is 1. The Morgan fingerprint density at radius 2 is 2.32 bits per heavy atom. The van der Waals surface area contributed by atoms with Crippen LogP contribution >= 0.6 is 0 Å². The molecule has 1 atom stereocenters. The first-order valence-corrected chi connectivity index (χ1v) is 6.26. The number of carboxylic acids is 1. The number of carboxylic acid groups (broad SMARTS) is 1. The number of nitrogens with zero attached hydrogens (tertiary/aromatic N) is 3. The quantitative estimate of drug-likeness (QED) is 0.882. The van der Waals surface area contributed by atoms with Crippen LogP contribution in [0.1, 0.15) is 24.9 Å². The standard InChI is InChI=1S/C13H19N3O3/c1-9-6-11(15-10(14-9)7-19-3)16-5-4-13(2,8-16)12(17)18/h6H,4-5,7-8H2,1-3H3,(H,17,18). The van der Waals surface area contributed by atoms with E-state index in [9.17, 15) is 9.90 Å². The third kappa shape index (κ3) is 2.84. The van der Waals surface area contributed by atoms with Gasteiger partial charge in [0.15, 0.2) is 5.82 Å². The Labute approximate surface area is 112 Å². The number of ether oxygens (including phenoxy) is 1. The average Bonchev–Trinajstić information content (AvgIpc) is 2.73. The number of hydrogen-bond donors (Lipinski definition) is 1. The summed E-state index contributed by atoms with van der Waals surface area (Å²) in [7, 11) is 1.60. The number of carbonyl (C=O) groups is 1. The van der Waals surface area contributed by atoms with Crippen molar-refractivity contribution < 1.29 is 14.6 Å². The van der Waals surface area contributed by atoms with E-state index in [4.69, 9.17) is 4.74 Å². The smallest absolute Gasteiger partial charge is 0.311 e. The molecule has 0 radical (unpaired) electrons. The van der Waals surface area contributed by atoms with E-state index in [1.54, 1.807) is 14.0 Å². The first-order chi connectivity index (χ1) is 8.94. The van der Waals surface area contributed by atoms with Crippen LogP contribution in [0.5, 0.6) is 0 Å². The van der Waals surface area contributed by atoms with Crippen LogP contribution in [0, 0.1) is 12.3 Å². The Morgan fingerprint density at radius 1 is 1.58 bits per heavy atom. The van der Waals surface area contributed by atoms with Gasteiger partial charge in [-0.2, -0.15) is 0 Å². The first kappa shape index (κ1) is 13.7. The van der Waals surface area contributed by atoms with Crippen molar-refractivity contribution in [2.24, 2.45) is 5.41 Å². The van der Waals surface area contributed by atoms with E-state index in [1.165, 1.54) is 0 Å². The molecule has 104 valence electrons. The lowest BCUT2D eigenvalue weighted by Gasteiger charge is -2.21. The summed E-state index contributed by atoms with van der Waals surface area (Å²) in [5, 5.41) is 9.25. The van der Waals surface area contributed by atoms with Crippen molar-refractivity contribution in [1.29, 1.82) is 0 Å². The zero-order chi connectivity index (χ0) is 14.0. The van der Waals surface area contributed by atoms with Gasteiger partial charge in [-0.3, -0.25) is 4.79 Å². The van der Waals surface area contributed by atoms with Crippen LogP contribution in [0.2, 0.25) is 0 Å². The van der Waals surface area contributed by atoms with Crippen LogP contribution < -0.4 is 4.90 Å². The minimum atomic E-state index is -0.752. The highest BCUT2D eigenvalue weighted by atomic mass is 16.5. The zero-order valence-corrected chi connectivity index (χ0v) is 11.5. The summed E-state index contributed by atoms with van der Waals surface area (Å²) in [6, 6.07) is 1.88. The Hall–Kier alpha value is -1.69. The zero-order valence-electron chi connectivity index (χ0n) is 11.5. The van der Waals surface area contributed by atoms with Crippen molar-refractivity contribution in [2.75, 3.05) is 25.1 Å². The second-order valence-electron chi connectivity index (χ2n) is 5.25. The molecule has 1 aromatic heterocycles. The van der Waals surface area contributed by atoms with Crippen molar-refractivity contribution in [3.8, 4) is 0 Å². The topological polar surface area (TPSA) is 75.5 Å². The third-order valence-corrected chi connectivity index (χ3v) is 3.47. The van der Waals surface area contributed by atoms with Gasteiger partial charge in [0.05, 0.1) is 5.41 Å². The summed E-state index contributed by atoms with van der Waals surface area (Å²) in [6.45, 7) is 5.21.